The predicted octanol–water partition coefficient (Wildman–Crippen LogP) is 3.56. The molecule has 0 amide bonds. The average molecular weight is 365 g/mol. The van der Waals surface area contributed by atoms with E-state index in [-0.39, 0.29) is 16.4 Å². The Morgan fingerprint density at radius 2 is 1.88 bits per heavy atom. The van der Waals surface area contributed by atoms with Crippen molar-refractivity contribution in [3.8, 4) is 5.75 Å². The highest BCUT2D eigenvalue weighted by Gasteiger charge is 2.05. The van der Waals surface area contributed by atoms with Crippen LogP contribution in [0.5, 0.6) is 5.75 Å². The van der Waals surface area contributed by atoms with Crippen LogP contribution < -0.4 is 10.7 Å². The number of thiocarbonyl (C=S) groups is 1. The fourth-order valence-electron chi connectivity index (χ4n) is 2.46. The highest BCUT2D eigenvalue weighted by Crippen LogP contribution is 2.25. The van der Waals surface area contributed by atoms with E-state index in [2.05, 4.69) is 15.8 Å². The predicted molar refractivity (Wildman–Crippen MR) is 106 cm³/mol. The molecule has 0 bridgehead atoms. The lowest BCUT2D eigenvalue weighted by atomic mass is 10.0. The van der Waals surface area contributed by atoms with Gasteiger partial charge >= 0.3 is 5.97 Å². The lowest BCUT2D eigenvalue weighted by Gasteiger charge is -2.08. The first kappa shape index (κ1) is 17.4. The summed E-state index contributed by atoms with van der Waals surface area (Å²) in [5.74, 6) is -0.903. The molecule has 3 rings (SSSR count). The highest BCUT2D eigenvalue weighted by atomic mass is 32.1. The first-order chi connectivity index (χ1) is 12.5. The second kappa shape index (κ2) is 7.62. The van der Waals surface area contributed by atoms with Gasteiger partial charge in [-0.25, -0.2) is 4.79 Å². The summed E-state index contributed by atoms with van der Waals surface area (Å²) in [5, 5.41) is 28.0. The Morgan fingerprint density at radius 1 is 1.08 bits per heavy atom. The largest absolute Gasteiger partial charge is 0.507 e. The molecule has 0 atom stereocenters. The van der Waals surface area contributed by atoms with Crippen LogP contribution in [-0.2, 0) is 0 Å². The Balaban J connectivity index is 1.71. The standard InChI is InChI=1S/C19H15N3O3S/c23-17-9-8-12-4-1-2-7-15(12)16(17)11-20-22-19(26)21-14-6-3-5-13(10-14)18(24)25/h1-11,23H,(H,24,25)(H2,21,22,26)/b20-11+. The Labute approximate surface area is 154 Å². The molecule has 0 unspecified atom stereocenters. The summed E-state index contributed by atoms with van der Waals surface area (Å²) in [5.41, 5.74) is 3.91. The summed E-state index contributed by atoms with van der Waals surface area (Å²) >= 11 is 5.14. The number of aromatic hydroxyl groups is 1. The Morgan fingerprint density at radius 3 is 2.69 bits per heavy atom. The quantitative estimate of drug-likeness (QED) is 0.321. The lowest BCUT2D eigenvalue weighted by molar-refractivity contribution is 0.0697. The summed E-state index contributed by atoms with van der Waals surface area (Å²) in [6.07, 6.45) is 1.49. The number of carboxylic acid groups (broad SMARTS) is 1. The van der Waals surface area contributed by atoms with Crippen LogP contribution in [0, 0.1) is 0 Å². The van der Waals surface area contributed by atoms with Crippen molar-refractivity contribution in [3.05, 3.63) is 71.8 Å². The molecule has 0 aromatic heterocycles. The molecule has 0 radical (unpaired) electrons. The highest BCUT2D eigenvalue weighted by molar-refractivity contribution is 7.80. The number of fused-ring (bicyclic) bond motifs is 1. The maximum absolute atomic E-state index is 11.0. The zero-order valence-electron chi connectivity index (χ0n) is 13.5. The van der Waals surface area contributed by atoms with Crippen LogP contribution in [0.1, 0.15) is 15.9 Å². The maximum Gasteiger partial charge on any atom is 0.335 e. The number of nitrogens with zero attached hydrogens (tertiary/aromatic N) is 1. The van der Waals surface area contributed by atoms with E-state index in [1.165, 1.54) is 18.3 Å². The lowest BCUT2D eigenvalue weighted by Crippen LogP contribution is -2.24. The number of phenolic OH excluding ortho intramolecular Hbond substituents is 1. The number of hydrazone groups is 1. The van der Waals surface area contributed by atoms with Crippen molar-refractivity contribution in [3.63, 3.8) is 0 Å². The Hall–Kier alpha value is -3.45. The first-order valence-electron chi connectivity index (χ1n) is 7.69. The zero-order valence-corrected chi connectivity index (χ0v) is 14.3. The van der Waals surface area contributed by atoms with Crippen LogP contribution in [0.25, 0.3) is 10.8 Å². The fraction of sp³-hybridized carbons (Fsp3) is 0. The van der Waals surface area contributed by atoms with Gasteiger partial charge in [0.1, 0.15) is 5.75 Å². The van der Waals surface area contributed by atoms with E-state index in [9.17, 15) is 9.90 Å². The smallest absolute Gasteiger partial charge is 0.335 e. The van der Waals surface area contributed by atoms with Crippen molar-refractivity contribution in [2.24, 2.45) is 5.10 Å². The molecule has 0 heterocycles. The summed E-state index contributed by atoms with van der Waals surface area (Å²) in [6, 6.07) is 17.4. The summed E-state index contributed by atoms with van der Waals surface area (Å²) < 4.78 is 0. The van der Waals surface area contributed by atoms with E-state index < -0.39 is 5.97 Å². The molecule has 130 valence electrons. The Kier molecular flexibility index (Phi) is 5.09. The number of aromatic carboxylic acids is 1. The number of phenols is 1. The molecule has 0 aliphatic carbocycles. The molecular formula is C19H15N3O3S. The summed E-state index contributed by atoms with van der Waals surface area (Å²) in [4.78, 5) is 11.0. The van der Waals surface area contributed by atoms with Crippen LogP contribution in [0.4, 0.5) is 5.69 Å². The number of nitrogens with one attached hydrogen (secondary N) is 2. The Bertz CT molecular complexity index is 1020. The minimum atomic E-state index is -1.02. The average Bonchev–Trinajstić information content (AvgIpc) is 2.63. The SMILES string of the molecule is O=C(O)c1cccc(NC(=S)N/N=C/c2c(O)ccc3ccccc23)c1. The van der Waals surface area contributed by atoms with E-state index in [4.69, 9.17) is 17.3 Å². The van der Waals surface area contributed by atoms with Gasteiger partial charge in [-0.05, 0) is 47.3 Å². The molecule has 0 saturated heterocycles. The van der Waals surface area contributed by atoms with Crippen LogP contribution >= 0.6 is 12.2 Å². The third-order valence-electron chi connectivity index (χ3n) is 3.67. The van der Waals surface area contributed by atoms with Gasteiger partial charge in [0.25, 0.3) is 0 Å². The van der Waals surface area contributed by atoms with Gasteiger partial charge in [-0.2, -0.15) is 5.10 Å². The number of anilines is 1. The molecule has 7 heteroatoms. The van der Waals surface area contributed by atoms with Gasteiger partial charge in [0.05, 0.1) is 11.8 Å². The number of rotatable bonds is 4. The second-order valence-corrected chi connectivity index (χ2v) is 5.84. The third kappa shape index (κ3) is 3.96. The summed E-state index contributed by atoms with van der Waals surface area (Å²) in [6.45, 7) is 0. The van der Waals surface area contributed by atoms with E-state index in [0.717, 1.165) is 10.8 Å². The van der Waals surface area contributed by atoms with Crippen molar-refractivity contribution in [2.45, 2.75) is 0 Å². The molecule has 0 fully saturated rings. The number of hydrogen-bond donors (Lipinski definition) is 4. The summed E-state index contributed by atoms with van der Waals surface area (Å²) in [7, 11) is 0. The van der Waals surface area contributed by atoms with Crippen molar-refractivity contribution in [2.75, 3.05) is 5.32 Å². The molecule has 0 aliphatic heterocycles. The molecule has 0 spiro atoms. The molecular weight excluding hydrogens is 350 g/mol. The molecule has 26 heavy (non-hydrogen) atoms. The zero-order chi connectivity index (χ0) is 18.5. The van der Waals surface area contributed by atoms with E-state index >= 15 is 0 Å². The van der Waals surface area contributed by atoms with Gasteiger partial charge in [-0.15, -0.1) is 0 Å². The van der Waals surface area contributed by atoms with Crippen molar-refractivity contribution >= 4 is 46.0 Å². The van der Waals surface area contributed by atoms with E-state index in [1.54, 1.807) is 18.2 Å². The minimum absolute atomic E-state index is 0.113. The van der Waals surface area contributed by atoms with Crippen LogP contribution in [0.3, 0.4) is 0 Å². The molecule has 3 aromatic rings. The molecule has 6 nitrogen and oxygen atoms in total. The molecule has 3 aromatic carbocycles. The second-order valence-electron chi connectivity index (χ2n) is 5.43. The van der Waals surface area contributed by atoms with Gasteiger partial charge in [-0.1, -0.05) is 36.4 Å². The van der Waals surface area contributed by atoms with Crippen LogP contribution in [0.2, 0.25) is 0 Å². The topological polar surface area (TPSA) is 94.0 Å². The number of carboxylic acids is 1. The van der Waals surface area contributed by atoms with E-state index in [0.29, 0.717) is 11.3 Å². The normalized spacial score (nSPS) is 10.8. The van der Waals surface area contributed by atoms with Crippen molar-refractivity contribution in [1.29, 1.82) is 0 Å². The van der Waals surface area contributed by atoms with Crippen LogP contribution in [0.15, 0.2) is 65.8 Å². The van der Waals surface area contributed by atoms with Gasteiger partial charge in [0.15, 0.2) is 5.11 Å². The number of benzene rings is 3. The van der Waals surface area contributed by atoms with Gasteiger partial charge in [0, 0.05) is 11.3 Å². The van der Waals surface area contributed by atoms with Crippen LogP contribution in [-0.4, -0.2) is 27.5 Å². The number of carbonyl (C=O) groups is 1. The molecule has 0 saturated carbocycles. The minimum Gasteiger partial charge on any atom is -0.507 e. The van der Waals surface area contributed by atoms with Gasteiger partial charge < -0.3 is 15.5 Å². The monoisotopic (exact) mass is 365 g/mol. The molecule has 0 aliphatic rings. The number of hydrogen-bond acceptors (Lipinski definition) is 4. The van der Waals surface area contributed by atoms with Gasteiger partial charge in [-0.3, -0.25) is 5.43 Å². The van der Waals surface area contributed by atoms with Crippen molar-refractivity contribution in [1.82, 2.24) is 5.43 Å². The maximum atomic E-state index is 11.0. The third-order valence-corrected chi connectivity index (χ3v) is 3.87. The fourth-order valence-corrected chi connectivity index (χ4v) is 2.63. The van der Waals surface area contributed by atoms with Crippen molar-refractivity contribution < 1.29 is 15.0 Å². The molecule has 4 N–H and O–H groups in total. The van der Waals surface area contributed by atoms with E-state index in [1.807, 2.05) is 30.3 Å². The first-order valence-corrected chi connectivity index (χ1v) is 8.09. The van der Waals surface area contributed by atoms with Gasteiger partial charge in [0.2, 0.25) is 0 Å².